The van der Waals surface area contributed by atoms with E-state index in [-0.39, 0.29) is 187 Å². The summed E-state index contributed by atoms with van der Waals surface area (Å²) in [5, 5.41) is 0. The second kappa shape index (κ2) is 59.3. The van der Waals surface area contributed by atoms with Crippen LogP contribution in [0.5, 0.6) is 0 Å². The molecule has 0 fully saturated rings. The molecule has 0 heterocycles. The van der Waals surface area contributed by atoms with Crippen LogP contribution in [0, 0.1) is 21.7 Å². The summed E-state index contributed by atoms with van der Waals surface area (Å²) in [5.74, 6) is -1.01. The monoisotopic (exact) mass is 1250 g/mol. The number of methoxy groups -OCH3 is 4. The molecule has 4 atom stereocenters. The van der Waals surface area contributed by atoms with Crippen LogP contribution in [0.1, 0.15) is 372 Å². The van der Waals surface area contributed by atoms with Crippen LogP contribution < -0.4 is 0 Å². The van der Waals surface area contributed by atoms with Gasteiger partial charge in [-0.3, -0.25) is 19.2 Å². The van der Waals surface area contributed by atoms with E-state index in [2.05, 4.69) is 69.2 Å². The van der Waals surface area contributed by atoms with Gasteiger partial charge in [0.05, 0.1) is 22.4 Å². The summed E-state index contributed by atoms with van der Waals surface area (Å²) in [5.41, 5.74) is -4.69. The molecule has 12 heteroatoms. The van der Waals surface area contributed by atoms with E-state index in [0.29, 0.717) is 0 Å². The summed E-state index contributed by atoms with van der Waals surface area (Å²) < 4.78 is 44.1. The van der Waals surface area contributed by atoms with E-state index in [1.807, 2.05) is 125 Å². The molecule has 0 amide bonds. The molecule has 0 radical (unpaired) electrons. The van der Waals surface area contributed by atoms with Crippen molar-refractivity contribution >= 4 is 23.9 Å². The minimum Gasteiger partial charge on any atom is -0.459 e. The molecule has 546 valence electrons. The SMILES string of the molecule is C.C.C.C.C.C.C.C.C.C.C.C.C.C.C.C.CC.CCC.CCC(C)(C(C)(C)OC)C(C)(C)OC(C)=O.CCC(C)(C(C)(C)OC)C(C)(C)OC(C)=O.CCC(C)(C(C)(C)OC)C(C)(C)OC(C)=O.CCC(C)(C(C)(C)OC)C(C)(C)OC(C)=O. The minimum atomic E-state index is -0.562. The molecule has 4 unspecified atom stereocenters. The Morgan fingerprint density at radius 1 is 0.235 bits per heavy atom. The van der Waals surface area contributed by atoms with Gasteiger partial charge < -0.3 is 37.9 Å². The van der Waals surface area contributed by atoms with Gasteiger partial charge in [-0.15, -0.1) is 0 Å². The van der Waals surface area contributed by atoms with E-state index < -0.39 is 22.4 Å². The van der Waals surface area contributed by atoms with Gasteiger partial charge in [-0.2, -0.15) is 0 Å². The summed E-state index contributed by atoms with van der Waals surface area (Å²) >= 11 is 0. The number of hydrogen-bond acceptors (Lipinski definition) is 12. The predicted octanol–water partition coefficient (Wildman–Crippen LogP) is 25.3. The summed E-state index contributed by atoms with van der Waals surface area (Å²) in [6.07, 6.45) is 4.73. The Morgan fingerprint density at radius 2 is 0.318 bits per heavy atom. The van der Waals surface area contributed by atoms with Crippen LogP contribution in [0.3, 0.4) is 0 Å². The van der Waals surface area contributed by atoms with E-state index in [4.69, 9.17) is 37.9 Å². The number of esters is 4. The van der Waals surface area contributed by atoms with Gasteiger partial charge in [0.25, 0.3) is 0 Å². The van der Waals surface area contributed by atoms with Gasteiger partial charge in [-0.25, -0.2) is 0 Å². The van der Waals surface area contributed by atoms with Crippen molar-refractivity contribution in [1.82, 2.24) is 0 Å². The van der Waals surface area contributed by atoms with Crippen molar-refractivity contribution in [1.29, 1.82) is 0 Å². The second-order valence-electron chi connectivity index (χ2n) is 22.7. The van der Waals surface area contributed by atoms with Crippen LogP contribution in [0.15, 0.2) is 0 Å². The molecule has 0 N–H and O–H groups in total. The van der Waals surface area contributed by atoms with Crippen LogP contribution in [-0.2, 0) is 57.1 Å². The summed E-state index contributed by atoms with van der Waals surface area (Å²) in [6.45, 7) is 62.5. The normalized spacial score (nSPS) is 12.9. The maximum absolute atomic E-state index is 11.2. The topological polar surface area (TPSA) is 142 Å². The van der Waals surface area contributed by atoms with Crippen LogP contribution in [-0.4, -0.2) is 97.1 Å². The first kappa shape index (κ1) is 150. The zero-order valence-electron chi connectivity index (χ0n) is 52.4. The Bertz CT molecular complexity index is 1260. The molecule has 0 aromatic carbocycles. The molecule has 0 saturated carbocycles. The van der Waals surface area contributed by atoms with Crippen LogP contribution >= 0.6 is 0 Å². The summed E-state index contributed by atoms with van der Waals surface area (Å²) in [4.78, 5) is 44.7. The third kappa shape index (κ3) is 40.2. The van der Waals surface area contributed by atoms with Crippen molar-refractivity contribution in [2.24, 2.45) is 21.7 Å². The molecule has 0 aliphatic carbocycles. The lowest BCUT2D eigenvalue weighted by atomic mass is 9.63. The lowest BCUT2D eigenvalue weighted by Crippen LogP contribution is -2.57. The summed E-state index contributed by atoms with van der Waals surface area (Å²) in [6, 6.07) is 0. The highest BCUT2D eigenvalue weighted by atomic mass is 16.6. The Kier molecular flexibility index (Phi) is 105. The van der Waals surface area contributed by atoms with Gasteiger partial charge in [0.2, 0.25) is 0 Å². The number of hydrogen-bond donors (Lipinski definition) is 0. The quantitative estimate of drug-likeness (QED) is 0.0846. The predicted molar refractivity (Wildman–Crippen MR) is 396 cm³/mol. The Hall–Kier alpha value is -2.28. The van der Waals surface area contributed by atoms with Gasteiger partial charge in [0.15, 0.2) is 0 Å². The third-order valence-corrected chi connectivity index (χ3v) is 17.1. The van der Waals surface area contributed by atoms with Crippen LogP contribution in [0.4, 0.5) is 0 Å². The van der Waals surface area contributed by atoms with Gasteiger partial charge in [0.1, 0.15) is 22.4 Å². The second-order valence-corrected chi connectivity index (χ2v) is 22.7. The first-order chi connectivity index (χ1) is 30.6. The maximum Gasteiger partial charge on any atom is 0.303 e. The average Bonchev–Trinajstić information content (AvgIpc) is 3.21. The Balaban J connectivity index is -0.0000000285. The van der Waals surface area contributed by atoms with E-state index in [1.54, 1.807) is 28.4 Å². The largest absolute Gasteiger partial charge is 0.459 e. The van der Waals surface area contributed by atoms with Gasteiger partial charge >= 0.3 is 23.9 Å². The van der Waals surface area contributed by atoms with Crippen molar-refractivity contribution in [3.63, 3.8) is 0 Å². The van der Waals surface area contributed by atoms with Gasteiger partial charge in [0, 0.05) is 77.8 Å². The third-order valence-electron chi connectivity index (χ3n) is 17.1. The highest BCUT2D eigenvalue weighted by Crippen LogP contribution is 2.51. The minimum absolute atomic E-state index is 0. The Labute approximate surface area is 546 Å². The lowest BCUT2D eigenvalue weighted by Gasteiger charge is -2.51. The first-order valence-electron chi connectivity index (χ1n) is 25.6. The molecule has 0 rings (SSSR count). The van der Waals surface area contributed by atoms with Crippen molar-refractivity contribution in [2.75, 3.05) is 28.4 Å². The highest BCUT2D eigenvalue weighted by Gasteiger charge is 2.56. The molecule has 0 aromatic heterocycles. The van der Waals surface area contributed by atoms with Gasteiger partial charge in [-0.1, -0.05) is 208 Å². The molecule has 85 heavy (non-hydrogen) atoms. The fourth-order valence-electron chi connectivity index (χ4n) is 9.09. The van der Waals surface area contributed by atoms with E-state index in [0.717, 1.165) is 25.7 Å². The van der Waals surface area contributed by atoms with Crippen molar-refractivity contribution in [3.05, 3.63) is 0 Å². The molecule has 0 bridgehead atoms. The number of carbonyl (C=O) groups is 4. The van der Waals surface area contributed by atoms with E-state index in [9.17, 15) is 19.2 Å². The summed E-state index contributed by atoms with van der Waals surface area (Å²) in [7, 11) is 6.77. The van der Waals surface area contributed by atoms with E-state index in [1.165, 1.54) is 34.1 Å². The van der Waals surface area contributed by atoms with Gasteiger partial charge in [-0.05, 0) is 136 Å². The van der Waals surface area contributed by atoms with Crippen LogP contribution in [0.25, 0.3) is 0 Å². The van der Waals surface area contributed by atoms with Crippen LogP contribution in [0.2, 0.25) is 0 Å². The fourth-order valence-corrected chi connectivity index (χ4v) is 9.09. The number of rotatable bonds is 20. The highest BCUT2D eigenvalue weighted by molar-refractivity contribution is 5.67. The van der Waals surface area contributed by atoms with Crippen molar-refractivity contribution in [3.8, 4) is 0 Å². The standard InChI is InChI=1S/4C13H26O3.C3H8.C2H6.16CH4/c4*1-9-13(7,11(3,4)15-8)12(5,6)16-10(2)14;1-3-2;1-2;;;;;;;;;;;;;;;;/h4*9H2,1-8H3;3H2,1-2H3;1-2H3;16*1H4. The lowest BCUT2D eigenvalue weighted by molar-refractivity contribution is -0.202. The molecule has 0 spiro atoms. The number of carbonyl (C=O) groups excluding carboxylic acids is 4. The zero-order valence-corrected chi connectivity index (χ0v) is 52.4. The first-order valence-corrected chi connectivity index (χ1v) is 25.6. The molecule has 12 nitrogen and oxygen atoms in total. The smallest absolute Gasteiger partial charge is 0.303 e. The zero-order chi connectivity index (χ0) is 57.5. The molecule has 0 aliphatic rings. The van der Waals surface area contributed by atoms with E-state index >= 15 is 0 Å². The molecule has 0 aromatic rings. The molecule has 0 saturated heterocycles. The van der Waals surface area contributed by atoms with Crippen molar-refractivity contribution in [2.45, 2.75) is 417 Å². The number of ether oxygens (including phenoxy) is 8. The molecule has 0 aliphatic heterocycles. The Morgan fingerprint density at radius 3 is 0.365 bits per heavy atom. The molecular formula is C73H182O12. The van der Waals surface area contributed by atoms with Crippen molar-refractivity contribution < 1.29 is 57.1 Å². The fraction of sp³-hybridized carbons (Fsp3) is 0.945. The maximum atomic E-state index is 11.2. The molecular weight excluding hydrogens is 1070 g/mol. The average molecular weight is 1250 g/mol.